The van der Waals surface area contributed by atoms with E-state index in [0.717, 1.165) is 5.56 Å². The van der Waals surface area contributed by atoms with Crippen LogP contribution in [0.1, 0.15) is 30.6 Å². The van der Waals surface area contributed by atoms with Crippen molar-refractivity contribution in [2.24, 2.45) is 0 Å². The lowest BCUT2D eigenvalue weighted by atomic mass is 10.1. The summed E-state index contributed by atoms with van der Waals surface area (Å²) in [5.74, 6) is 1.93. The van der Waals surface area contributed by atoms with Gasteiger partial charge in [-0.1, -0.05) is 18.2 Å². The minimum atomic E-state index is -0.244. The Hall–Kier alpha value is -4.33. The molecular weight excluding hydrogens is 458 g/mol. The highest BCUT2D eigenvalue weighted by Crippen LogP contribution is 2.32. The molecule has 36 heavy (non-hydrogen) atoms. The van der Waals surface area contributed by atoms with Crippen LogP contribution in [-0.4, -0.2) is 35.8 Å². The van der Waals surface area contributed by atoms with Gasteiger partial charge in [-0.15, -0.1) is 0 Å². The highest BCUT2D eigenvalue weighted by Gasteiger charge is 2.18. The van der Waals surface area contributed by atoms with Gasteiger partial charge in [0.1, 0.15) is 24.7 Å². The van der Waals surface area contributed by atoms with Gasteiger partial charge in [0.2, 0.25) is 5.91 Å². The summed E-state index contributed by atoms with van der Waals surface area (Å²) in [6, 6.07) is 20.2. The Kier molecular flexibility index (Phi) is 6.58. The van der Waals surface area contributed by atoms with Gasteiger partial charge in [0.25, 0.3) is 5.56 Å². The summed E-state index contributed by atoms with van der Waals surface area (Å²) >= 11 is 0. The average molecular weight is 486 g/mol. The van der Waals surface area contributed by atoms with Crippen molar-refractivity contribution in [2.45, 2.75) is 25.8 Å². The van der Waals surface area contributed by atoms with E-state index in [0.29, 0.717) is 52.9 Å². The highest BCUT2D eigenvalue weighted by atomic mass is 16.6. The SMILES string of the molecule is COc1ccc(-n2c(=O)c(CCC(=O)N[C@H](C)c3ccc4c(c3)OCCO4)nc3ccccc32)cc1. The number of nitrogens with one attached hydrogen (secondary N) is 1. The van der Waals surface area contributed by atoms with Gasteiger partial charge in [0.05, 0.1) is 24.2 Å². The summed E-state index contributed by atoms with van der Waals surface area (Å²) in [6.07, 6.45) is 0.359. The molecule has 0 aliphatic carbocycles. The van der Waals surface area contributed by atoms with E-state index in [4.69, 9.17) is 14.2 Å². The van der Waals surface area contributed by atoms with Gasteiger partial charge in [-0.05, 0) is 61.0 Å². The fourth-order valence-corrected chi connectivity index (χ4v) is 4.29. The van der Waals surface area contributed by atoms with Crippen molar-refractivity contribution in [3.05, 3.63) is 88.3 Å². The predicted molar refractivity (Wildman–Crippen MR) is 136 cm³/mol. The molecule has 8 nitrogen and oxygen atoms in total. The third-order valence-corrected chi connectivity index (χ3v) is 6.19. The first kappa shape index (κ1) is 23.4. The second kappa shape index (κ2) is 10.1. The van der Waals surface area contributed by atoms with Gasteiger partial charge >= 0.3 is 0 Å². The number of rotatable bonds is 7. The first-order chi connectivity index (χ1) is 17.5. The molecule has 184 valence electrons. The number of nitrogens with zero attached hydrogens (tertiary/aromatic N) is 2. The molecule has 0 radical (unpaired) electrons. The Labute approximate surface area is 208 Å². The molecule has 0 saturated carbocycles. The Morgan fingerprint density at radius 2 is 1.81 bits per heavy atom. The number of fused-ring (bicyclic) bond motifs is 2. The monoisotopic (exact) mass is 485 g/mol. The number of ether oxygens (including phenoxy) is 3. The molecule has 1 amide bonds. The number of para-hydroxylation sites is 2. The van der Waals surface area contributed by atoms with Crippen molar-refractivity contribution in [1.29, 1.82) is 0 Å². The Balaban J connectivity index is 1.34. The van der Waals surface area contributed by atoms with Gasteiger partial charge in [0, 0.05) is 18.5 Å². The minimum Gasteiger partial charge on any atom is -0.497 e. The number of hydrogen-bond donors (Lipinski definition) is 1. The van der Waals surface area contributed by atoms with Crippen LogP contribution >= 0.6 is 0 Å². The Bertz CT molecular complexity index is 1460. The van der Waals surface area contributed by atoms with Gasteiger partial charge in [-0.2, -0.15) is 0 Å². The Morgan fingerprint density at radius 3 is 2.58 bits per heavy atom. The minimum absolute atomic E-state index is 0.137. The molecule has 3 aromatic carbocycles. The van der Waals surface area contributed by atoms with Crippen LogP contribution in [0.2, 0.25) is 0 Å². The van der Waals surface area contributed by atoms with E-state index in [1.807, 2.05) is 73.7 Å². The van der Waals surface area contributed by atoms with Crippen molar-refractivity contribution >= 4 is 16.9 Å². The molecule has 1 atom stereocenters. The van der Waals surface area contributed by atoms with Crippen LogP contribution in [-0.2, 0) is 11.2 Å². The number of amides is 1. The molecule has 4 aromatic rings. The summed E-state index contributed by atoms with van der Waals surface area (Å²) in [7, 11) is 1.60. The number of hydrogen-bond acceptors (Lipinski definition) is 6. The number of carbonyl (C=O) groups excluding carboxylic acids is 1. The maximum Gasteiger partial charge on any atom is 0.277 e. The van der Waals surface area contributed by atoms with Crippen molar-refractivity contribution < 1.29 is 19.0 Å². The van der Waals surface area contributed by atoms with Crippen LogP contribution in [0.4, 0.5) is 0 Å². The molecule has 1 aliphatic heterocycles. The summed E-state index contributed by atoms with van der Waals surface area (Å²) in [4.78, 5) is 30.8. The van der Waals surface area contributed by atoms with E-state index in [1.165, 1.54) is 0 Å². The zero-order valence-electron chi connectivity index (χ0n) is 20.2. The van der Waals surface area contributed by atoms with Crippen LogP contribution in [0.15, 0.2) is 71.5 Å². The van der Waals surface area contributed by atoms with Gasteiger partial charge in [-0.3, -0.25) is 14.2 Å². The fourth-order valence-electron chi connectivity index (χ4n) is 4.29. The van der Waals surface area contributed by atoms with E-state index in [2.05, 4.69) is 10.3 Å². The molecule has 2 heterocycles. The Morgan fingerprint density at radius 1 is 1.06 bits per heavy atom. The highest BCUT2D eigenvalue weighted by molar-refractivity contribution is 5.78. The molecule has 0 saturated heterocycles. The summed E-state index contributed by atoms with van der Waals surface area (Å²) < 4.78 is 18.1. The normalized spacial score (nSPS) is 13.3. The van der Waals surface area contributed by atoms with Gasteiger partial charge in [-0.25, -0.2) is 4.98 Å². The number of aromatic nitrogens is 2. The van der Waals surface area contributed by atoms with E-state index in [9.17, 15) is 9.59 Å². The van der Waals surface area contributed by atoms with E-state index < -0.39 is 0 Å². The quantitative estimate of drug-likeness (QED) is 0.426. The largest absolute Gasteiger partial charge is 0.497 e. The molecule has 5 rings (SSSR count). The molecule has 0 spiro atoms. The predicted octanol–water partition coefficient (Wildman–Crippen LogP) is 3.98. The molecule has 0 unspecified atom stereocenters. The lowest BCUT2D eigenvalue weighted by Crippen LogP contribution is -2.29. The van der Waals surface area contributed by atoms with E-state index in [-0.39, 0.29) is 30.3 Å². The van der Waals surface area contributed by atoms with Crippen molar-refractivity contribution in [1.82, 2.24) is 14.9 Å². The standard InChI is InChI=1S/C28H27N3O5/c1-18(19-7-13-25-26(17-19)36-16-15-35-25)29-27(32)14-12-23-28(33)31(20-8-10-21(34-2)11-9-20)24-6-4-3-5-22(24)30-23/h3-11,13,17-18H,12,14-16H2,1-2H3,(H,29,32)/t18-/m1/s1. The van der Waals surface area contributed by atoms with Crippen LogP contribution in [0.25, 0.3) is 16.7 Å². The smallest absolute Gasteiger partial charge is 0.277 e. The number of aryl methyl sites for hydroxylation is 1. The lowest BCUT2D eigenvalue weighted by molar-refractivity contribution is -0.121. The second-order valence-corrected chi connectivity index (χ2v) is 8.58. The third kappa shape index (κ3) is 4.75. The van der Waals surface area contributed by atoms with Crippen LogP contribution in [0.3, 0.4) is 0 Å². The molecule has 0 fully saturated rings. The summed E-state index contributed by atoms with van der Waals surface area (Å²) in [5.41, 5.74) is 3.11. The number of carbonyl (C=O) groups is 1. The maximum absolute atomic E-state index is 13.4. The number of methoxy groups -OCH3 is 1. The fraction of sp³-hybridized carbons (Fsp3) is 0.250. The average Bonchev–Trinajstić information content (AvgIpc) is 2.91. The van der Waals surface area contributed by atoms with Crippen LogP contribution in [0, 0.1) is 0 Å². The molecular formula is C28H27N3O5. The third-order valence-electron chi connectivity index (χ3n) is 6.19. The molecule has 0 bridgehead atoms. The maximum atomic E-state index is 13.4. The second-order valence-electron chi connectivity index (χ2n) is 8.58. The zero-order valence-corrected chi connectivity index (χ0v) is 20.2. The molecule has 1 N–H and O–H groups in total. The zero-order chi connectivity index (χ0) is 25.1. The van der Waals surface area contributed by atoms with Crippen molar-refractivity contribution in [3.8, 4) is 22.9 Å². The first-order valence-electron chi connectivity index (χ1n) is 11.9. The topological polar surface area (TPSA) is 91.7 Å². The lowest BCUT2D eigenvalue weighted by Gasteiger charge is -2.21. The van der Waals surface area contributed by atoms with Gasteiger partial charge < -0.3 is 19.5 Å². The van der Waals surface area contributed by atoms with Crippen molar-refractivity contribution in [2.75, 3.05) is 20.3 Å². The van der Waals surface area contributed by atoms with E-state index in [1.54, 1.807) is 11.7 Å². The van der Waals surface area contributed by atoms with Crippen LogP contribution < -0.4 is 25.1 Å². The van der Waals surface area contributed by atoms with Crippen LogP contribution in [0.5, 0.6) is 17.2 Å². The van der Waals surface area contributed by atoms with Crippen molar-refractivity contribution in [3.63, 3.8) is 0 Å². The molecule has 1 aliphatic rings. The first-order valence-corrected chi connectivity index (χ1v) is 11.9. The summed E-state index contributed by atoms with van der Waals surface area (Å²) in [6.45, 7) is 2.94. The molecule has 1 aromatic heterocycles. The number of benzene rings is 3. The van der Waals surface area contributed by atoms with Gasteiger partial charge in [0.15, 0.2) is 11.5 Å². The molecule has 8 heteroatoms. The summed E-state index contributed by atoms with van der Waals surface area (Å²) in [5, 5.41) is 3.00. The van der Waals surface area contributed by atoms with E-state index >= 15 is 0 Å².